The van der Waals surface area contributed by atoms with Gasteiger partial charge in [-0.1, -0.05) is 42.5 Å². The van der Waals surface area contributed by atoms with Crippen LogP contribution in [0.2, 0.25) is 0 Å². The van der Waals surface area contributed by atoms with Crippen molar-refractivity contribution in [3.8, 4) is 0 Å². The van der Waals surface area contributed by atoms with Gasteiger partial charge in [-0.3, -0.25) is 0 Å². The highest BCUT2D eigenvalue weighted by atomic mass is 32.2. The van der Waals surface area contributed by atoms with Crippen molar-refractivity contribution in [2.24, 2.45) is 41.4 Å². The fourth-order valence-electron chi connectivity index (χ4n) is 11.4. The van der Waals surface area contributed by atoms with Crippen molar-refractivity contribution in [1.82, 2.24) is 0 Å². The molecule has 212 valence electrons. The molecule has 0 aromatic heterocycles. The van der Waals surface area contributed by atoms with Crippen LogP contribution in [0, 0.1) is 41.4 Å². The lowest BCUT2D eigenvalue weighted by Crippen LogP contribution is -2.49. The second-order valence-corrected chi connectivity index (χ2v) is 16.0. The predicted molar refractivity (Wildman–Crippen MR) is 150 cm³/mol. The smallest absolute Gasteiger partial charge is 0.340 e. The van der Waals surface area contributed by atoms with Crippen molar-refractivity contribution >= 4 is 16.1 Å². The van der Waals surface area contributed by atoms with E-state index in [1.165, 1.54) is 56.9 Å². The minimum absolute atomic E-state index is 0.0513. The van der Waals surface area contributed by atoms with Gasteiger partial charge in [0.15, 0.2) is 0 Å². The average Bonchev–Trinajstić information content (AvgIpc) is 2.90. The molecule has 40 heavy (non-hydrogen) atoms. The lowest BCUT2D eigenvalue weighted by atomic mass is 9.47. The molecule has 8 fully saturated rings. The molecule has 0 radical (unpaired) electrons. The van der Waals surface area contributed by atoms with E-state index >= 15 is 0 Å². The first-order valence-corrected chi connectivity index (χ1v) is 17.1. The van der Waals surface area contributed by atoms with Gasteiger partial charge in [0.05, 0.1) is 5.56 Å². The summed E-state index contributed by atoms with van der Waals surface area (Å²) in [4.78, 5) is 14.1. The van der Waals surface area contributed by atoms with Crippen molar-refractivity contribution < 1.29 is 22.5 Å². The van der Waals surface area contributed by atoms with Gasteiger partial charge in [0.1, 0.15) is 10.1 Å². The van der Waals surface area contributed by atoms with Crippen molar-refractivity contribution in [1.29, 1.82) is 0 Å². The number of rotatable bonds is 6. The number of carbonyl (C=O) groups is 1. The number of hydrogen-bond acceptors (Lipinski definition) is 5. The van der Waals surface area contributed by atoms with Gasteiger partial charge >= 0.3 is 5.97 Å². The highest BCUT2D eigenvalue weighted by Gasteiger charge is 2.53. The molecule has 6 heteroatoms. The zero-order valence-electron chi connectivity index (χ0n) is 23.0. The van der Waals surface area contributed by atoms with Gasteiger partial charge in [0, 0.05) is 5.56 Å². The zero-order chi connectivity index (χ0) is 27.2. The summed E-state index contributed by atoms with van der Waals surface area (Å²) in [6, 6.07) is 14.7. The topological polar surface area (TPSA) is 83.5 Å². The predicted octanol–water partition coefficient (Wildman–Crippen LogP) is 7.09. The molecule has 8 aliphatic rings. The summed E-state index contributed by atoms with van der Waals surface area (Å²) in [5.74, 6) is 4.98. The number of esters is 1. The van der Waals surface area contributed by atoms with E-state index < -0.39 is 21.5 Å². The van der Waals surface area contributed by atoms with Crippen molar-refractivity contribution in [3.05, 3.63) is 70.8 Å². The Kier molecular flexibility index (Phi) is 5.84. The van der Waals surface area contributed by atoms with E-state index in [0.717, 1.165) is 36.7 Å². The molecule has 1 atom stereocenters. The second kappa shape index (κ2) is 9.16. The Morgan fingerprint density at radius 1 is 0.775 bits per heavy atom. The van der Waals surface area contributed by atoms with Crippen LogP contribution in [0.25, 0.3) is 0 Å². The Labute approximate surface area is 237 Å². The maximum Gasteiger partial charge on any atom is 0.340 e. The largest absolute Gasteiger partial charge is 0.745 e. The Morgan fingerprint density at radius 2 is 1.32 bits per heavy atom. The highest BCUT2D eigenvalue weighted by molar-refractivity contribution is 7.85. The van der Waals surface area contributed by atoms with E-state index in [0.29, 0.717) is 41.1 Å². The molecule has 2 aromatic carbocycles. The number of hydrogen-bond donors (Lipinski definition) is 0. The first-order chi connectivity index (χ1) is 19.2. The number of ether oxygens (including phenoxy) is 1. The molecular formula is C34H39O5S-. The molecule has 5 nitrogen and oxygen atoms in total. The van der Waals surface area contributed by atoms with Crippen LogP contribution < -0.4 is 0 Å². The summed E-state index contributed by atoms with van der Waals surface area (Å²) >= 11 is 0. The van der Waals surface area contributed by atoms with Gasteiger partial charge in [-0.25, -0.2) is 13.2 Å². The molecule has 0 amide bonds. The summed E-state index contributed by atoms with van der Waals surface area (Å²) in [7, 11) is -4.92. The summed E-state index contributed by atoms with van der Waals surface area (Å²) in [6.07, 6.45) is 13.7. The van der Waals surface area contributed by atoms with E-state index in [-0.39, 0.29) is 11.0 Å². The molecule has 0 N–H and O–H groups in total. The summed E-state index contributed by atoms with van der Waals surface area (Å²) in [6.45, 7) is 0. The molecule has 8 aliphatic carbocycles. The van der Waals surface area contributed by atoms with Crippen LogP contribution >= 0.6 is 0 Å². The Morgan fingerprint density at radius 3 is 1.88 bits per heavy atom. The monoisotopic (exact) mass is 559 g/mol. The first kappa shape index (κ1) is 25.5. The fourth-order valence-corrected chi connectivity index (χ4v) is 12.1. The molecule has 0 aliphatic heterocycles. The lowest BCUT2D eigenvalue weighted by Gasteiger charge is -2.57. The minimum atomic E-state index is -4.92. The summed E-state index contributed by atoms with van der Waals surface area (Å²) < 4.78 is 42.8. The van der Waals surface area contributed by atoms with Crippen molar-refractivity contribution in [3.63, 3.8) is 0 Å². The Balaban J connectivity index is 1.20. The minimum Gasteiger partial charge on any atom is -0.745 e. The molecular weight excluding hydrogens is 520 g/mol. The van der Waals surface area contributed by atoms with Crippen LogP contribution in [0.5, 0.6) is 0 Å². The van der Waals surface area contributed by atoms with E-state index in [1.807, 2.05) is 0 Å². The van der Waals surface area contributed by atoms with Gasteiger partial charge in [-0.2, -0.15) is 0 Å². The van der Waals surface area contributed by atoms with Crippen LogP contribution in [0.3, 0.4) is 0 Å². The third-order valence-corrected chi connectivity index (χ3v) is 12.9. The molecule has 0 spiro atoms. The highest BCUT2D eigenvalue weighted by Crippen LogP contribution is 2.63. The molecule has 2 aromatic rings. The van der Waals surface area contributed by atoms with Gasteiger partial charge in [0.25, 0.3) is 0 Å². The Hall–Kier alpha value is -2.18. The van der Waals surface area contributed by atoms with Crippen molar-refractivity contribution in [2.45, 2.75) is 87.4 Å². The third-order valence-electron chi connectivity index (χ3n) is 12.0. The first-order valence-electron chi connectivity index (χ1n) is 15.6. The SMILES string of the molecule is O=C(OC(c1ccccc1)S(=O)(=O)[O-])c1cc(C2C3CC4CC(C3)CC2C4)ccc1C12CC3CC(CC(C3)C1)C2. The maximum atomic E-state index is 14.1. The van der Waals surface area contributed by atoms with Gasteiger partial charge in [-0.05, 0) is 141 Å². The molecule has 1 unspecified atom stereocenters. The third kappa shape index (κ3) is 4.19. The average molecular weight is 560 g/mol. The van der Waals surface area contributed by atoms with E-state index in [4.69, 9.17) is 4.74 Å². The quantitative estimate of drug-likeness (QED) is 0.279. The molecule has 8 saturated carbocycles. The van der Waals surface area contributed by atoms with E-state index in [1.54, 1.807) is 30.3 Å². The normalized spacial score (nSPS) is 39.8. The summed E-state index contributed by atoms with van der Waals surface area (Å²) in [5.41, 5.74) is 1.06. The van der Waals surface area contributed by atoms with Crippen LogP contribution in [0.1, 0.15) is 109 Å². The second-order valence-electron chi connectivity index (χ2n) is 14.6. The molecule has 8 bridgehead atoms. The Bertz CT molecular complexity index is 1370. The van der Waals surface area contributed by atoms with Crippen molar-refractivity contribution in [2.75, 3.05) is 0 Å². The summed E-state index contributed by atoms with van der Waals surface area (Å²) in [5, 5.41) is 0. The van der Waals surface area contributed by atoms with Crippen LogP contribution in [-0.2, 0) is 20.3 Å². The fraction of sp³-hybridized carbons (Fsp3) is 0.618. The molecule has 0 heterocycles. The maximum absolute atomic E-state index is 14.1. The standard InChI is InChI=1S/C34H40O5S/c35-32(39-33(40(36,37)38)25-4-2-1-3-5-25)29-16-26(31-27-12-20-8-21(14-27)15-28(31)13-20)6-7-30(29)34-17-22-9-23(18-34)11-24(10-22)19-34/h1-7,16,20-24,27-28,31,33H,8-15,17-19H2,(H,36,37,38)/p-1. The molecule has 10 rings (SSSR count). The zero-order valence-corrected chi connectivity index (χ0v) is 23.9. The van der Waals surface area contributed by atoms with E-state index in [2.05, 4.69) is 18.2 Å². The van der Waals surface area contributed by atoms with Gasteiger partial charge in [0.2, 0.25) is 5.44 Å². The van der Waals surface area contributed by atoms with Gasteiger partial charge in [-0.15, -0.1) is 0 Å². The lowest BCUT2D eigenvalue weighted by molar-refractivity contribution is -0.00678. The van der Waals surface area contributed by atoms with Crippen LogP contribution in [0.15, 0.2) is 48.5 Å². The molecule has 0 saturated heterocycles. The van der Waals surface area contributed by atoms with Crippen LogP contribution in [0.4, 0.5) is 0 Å². The number of carbonyl (C=O) groups excluding carboxylic acids is 1. The van der Waals surface area contributed by atoms with Crippen LogP contribution in [-0.4, -0.2) is 18.9 Å². The van der Waals surface area contributed by atoms with E-state index in [9.17, 15) is 17.8 Å². The van der Waals surface area contributed by atoms with Gasteiger partial charge < -0.3 is 9.29 Å². The number of benzene rings is 2.